The summed E-state index contributed by atoms with van der Waals surface area (Å²) in [4.78, 5) is 29.1. The van der Waals surface area contributed by atoms with Crippen LogP contribution in [-0.2, 0) is 11.3 Å². The maximum Gasteiger partial charge on any atom is 0.207 e. The van der Waals surface area contributed by atoms with Crippen molar-refractivity contribution in [3.8, 4) is 6.07 Å². The molecule has 0 radical (unpaired) electrons. The lowest BCUT2D eigenvalue weighted by atomic mass is 9.91. The second kappa shape index (κ2) is 7.27. The number of thiazole rings is 1. The van der Waals surface area contributed by atoms with E-state index < -0.39 is 17.5 Å². The van der Waals surface area contributed by atoms with E-state index in [-0.39, 0.29) is 5.69 Å². The van der Waals surface area contributed by atoms with Crippen LogP contribution in [0.5, 0.6) is 0 Å². The van der Waals surface area contributed by atoms with Crippen LogP contribution in [0.2, 0.25) is 0 Å². The molecule has 0 aliphatic carbocycles. The lowest BCUT2D eigenvalue weighted by molar-refractivity contribution is 0.0842. The monoisotopic (exact) mass is 328 g/mol. The van der Waals surface area contributed by atoms with Crippen molar-refractivity contribution in [3.05, 3.63) is 51.0 Å². The summed E-state index contributed by atoms with van der Waals surface area (Å²) in [7, 11) is 1.53. The van der Waals surface area contributed by atoms with Crippen molar-refractivity contribution in [2.24, 2.45) is 5.92 Å². The van der Waals surface area contributed by atoms with E-state index in [0.29, 0.717) is 17.2 Å². The molecule has 0 N–H and O–H groups in total. The summed E-state index contributed by atoms with van der Waals surface area (Å²) in [6.07, 6.45) is 0. The molecule has 0 fully saturated rings. The van der Waals surface area contributed by atoms with Crippen LogP contribution in [0.3, 0.4) is 0 Å². The van der Waals surface area contributed by atoms with Gasteiger partial charge in [0.1, 0.15) is 10.7 Å². The standard InChI is InChI=1S/C17H16N2O3S/c1-10-4-5-12(11(2)6-10)16(20)13(7-18)17(21)14-9-23-15(19-14)8-22-3/h4-6,9,13H,8H2,1-3H3. The van der Waals surface area contributed by atoms with E-state index in [2.05, 4.69) is 4.98 Å². The Labute approximate surface area is 138 Å². The molecule has 0 aliphatic heterocycles. The topological polar surface area (TPSA) is 80.0 Å². The summed E-state index contributed by atoms with van der Waals surface area (Å²) in [5, 5.41) is 11.5. The lowest BCUT2D eigenvalue weighted by Crippen LogP contribution is -2.24. The van der Waals surface area contributed by atoms with Gasteiger partial charge in [-0.05, 0) is 19.4 Å². The summed E-state index contributed by atoms with van der Waals surface area (Å²) in [6.45, 7) is 4.00. The van der Waals surface area contributed by atoms with Crippen LogP contribution in [0.1, 0.15) is 37.0 Å². The SMILES string of the molecule is COCc1nc(C(=O)C(C#N)C(=O)c2ccc(C)cc2C)cs1. The van der Waals surface area contributed by atoms with Crippen LogP contribution < -0.4 is 0 Å². The molecule has 2 rings (SSSR count). The summed E-state index contributed by atoms with van der Waals surface area (Å²) in [5.74, 6) is -2.44. The molecule has 1 heterocycles. The molecule has 1 aromatic carbocycles. The summed E-state index contributed by atoms with van der Waals surface area (Å²) in [5.41, 5.74) is 2.29. The highest BCUT2D eigenvalue weighted by molar-refractivity contribution is 7.09. The number of aromatic nitrogens is 1. The molecule has 0 amide bonds. The molecule has 5 nitrogen and oxygen atoms in total. The minimum Gasteiger partial charge on any atom is -0.378 e. The van der Waals surface area contributed by atoms with Gasteiger partial charge in [-0.2, -0.15) is 5.26 Å². The fourth-order valence-corrected chi connectivity index (χ4v) is 3.00. The van der Waals surface area contributed by atoms with Crippen molar-refractivity contribution in [2.45, 2.75) is 20.5 Å². The van der Waals surface area contributed by atoms with Gasteiger partial charge in [0.2, 0.25) is 5.78 Å². The van der Waals surface area contributed by atoms with Gasteiger partial charge in [-0.15, -0.1) is 11.3 Å². The van der Waals surface area contributed by atoms with Crippen molar-refractivity contribution in [3.63, 3.8) is 0 Å². The van der Waals surface area contributed by atoms with Gasteiger partial charge in [0.25, 0.3) is 0 Å². The number of aryl methyl sites for hydroxylation is 2. The minimum atomic E-state index is -1.38. The number of nitriles is 1. The number of nitrogens with zero attached hydrogens (tertiary/aromatic N) is 2. The summed E-state index contributed by atoms with van der Waals surface area (Å²) >= 11 is 1.27. The predicted molar refractivity (Wildman–Crippen MR) is 86.5 cm³/mol. The molecule has 6 heteroatoms. The average molecular weight is 328 g/mol. The van der Waals surface area contributed by atoms with Gasteiger partial charge in [-0.3, -0.25) is 9.59 Å². The van der Waals surface area contributed by atoms with Gasteiger partial charge in [-0.1, -0.05) is 23.8 Å². The van der Waals surface area contributed by atoms with E-state index in [9.17, 15) is 14.9 Å². The highest BCUT2D eigenvalue weighted by Crippen LogP contribution is 2.20. The number of ketones is 2. The zero-order chi connectivity index (χ0) is 17.0. The first kappa shape index (κ1) is 17.0. The first-order valence-electron chi connectivity index (χ1n) is 6.96. The van der Waals surface area contributed by atoms with E-state index in [1.165, 1.54) is 18.4 Å². The Morgan fingerprint density at radius 2 is 2.09 bits per heavy atom. The lowest BCUT2D eigenvalue weighted by Gasteiger charge is -2.09. The maximum absolute atomic E-state index is 12.6. The van der Waals surface area contributed by atoms with Gasteiger partial charge in [0, 0.05) is 18.1 Å². The van der Waals surface area contributed by atoms with Crippen molar-refractivity contribution < 1.29 is 14.3 Å². The molecule has 0 saturated heterocycles. The van der Waals surface area contributed by atoms with Gasteiger partial charge < -0.3 is 4.74 Å². The van der Waals surface area contributed by atoms with Crippen molar-refractivity contribution in [1.29, 1.82) is 5.26 Å². The minimum absolute atomic E-state index is 0.131. The highest BCUT2D eigenvalue weighted by Gasteiger charge is 2.30. The first-order chi connectivity index (χ1) is 11.0. The first-order valence-corrected chi connectivity index (χ1v) is 7.84. The molecule has 0 spiro atoms. The molecule has 0 aliphatic rings. The largest absolute Gasteiger partial charge is 0.378 e. The Morgan fingerprint density at radius 1 is 1.35 bits per heavy atom. The van der Waals surface area contributed by atoms with Crippen LogP contribution in [-0.4, -0.2) is 23.7 Å². The predicted octanol–water partition coefficient (Wildman–Crippen LogP) is 3.11. The number of methoxy groups -OCH3 is 1. The van der Waals surface area contributed by atoms with Crippen LogP contribution in [0.15, 0.2) is 23.6 Å². The highest BCUT2D eigenvalue weighted by atomic mass is 32.1. The number of ether oxygens (including phenoxy) is 1. The molecule has 2 aromatic rings. The second-order valence-corrected chi connectivity index (χ2v) is 6.11. The van der Waals surface area contributed by atoms with E-state index in [0.717, 1.165) is 11.1 Å². The van der Waals surface area contributed by atoms with Crippen molar-refractivity contribution >= 4 is 22.9 Å². The molecule has 1 atom stereocenters. The average Bonchev–Trinajstić information content (AvgIpc) is 2.96. The smallest absolute Gasteiger partial charge is 0.207 e. The number of carbonyl (C=O) groups excluding carboxylic acids is 2. The molecule has 0 saturated carbocycles. The zero-order valence-corrected chi connectivity index (χ0v) is 13.9. The van der Waals surface area contributed by atoms with Crippen LogP contribution in [0, 0.1) is 31.1 Å². The Balaban J connectivity index is 2.29. The Kier molecular flexibility index (Phi) is 5.37. The van der Waals surface area contributed by atoms with E-state index in [1.807, 2.05) is 19.1 Å². The summed E-state index contributed by atoms with van der Waals surface area (Å²) in [6, 6.07) is 7.11. The molecule has 1 aromatic heterocycles. The fraction of sp³-hybridized carbons (Fsp3) is 0.294. The Morgan fingerprint density at radius 3 is 2.70 bits per heavy atom. The molecule has 23 heavy (non-hydrogen) atoms. The van der Waals surface area contributed by atoms with Crippen molar-refractivity contribution in [2.75, 3.05) is 7.11 Å². The number of carbonyl (C=O) groups is 2. The third-order valence-electron chi connectivity index (χ3n) is 3.37. The molecule has 118 valence electrons. The second-order valence-electron chi connectivity index (χ2n) is 5.17. The van der Waals surface area contributed by atoms with Crippen molar-refractivity contribution in [1.82, 2.24) is 4.98 Å². The maximum atomic E-state index is 12.6. The number of Topliss-reactive ketones (excluding diaryl/α,β-unsaturated/α-hetero) is 2. The van der Waals surface area contributed by atoms with Gasteiger partial charge in [-0.25, -0.2) is 4.98 Å². The quantitative estimate of drug-likeness (QED) is 0.601. The zero-order valence-electron chi connectivity index (χ0n) is 13.1. The summed E-state index contributed by atoms with van der Waals surface area (Å²) < 4.78 is 4.96. The number of benzene rings is 1. The van der Waals surface area contributed by atoms with E-state index in [4.69, 9.17) is 4.74 Å². The molecular weight excluding hydrogens is 312 g/mol. The third kappa shape index (κ3) is 3.70. The van der Waals surface area contributed by atoms with Crippen LogP contribution in [0.25, 0.3) is 0 Å². The van der Waals surface area contributed by atoms with Gasteiger partial charge in [0.15, 0.2) is 11.7 Å². The van der Waals surface area contributed by atoms with Crippen LogP contribution >= 0.6 is 11.3 Å². The van der Waals surface area contributed by atoms with Crippen LogP contribution in [0.4, 0.5) is 0 Å². The molecule has 1 unspecified atom stereocenters. The third-order valence-corrected chi connectivity index (χ3v) is 4.20. The van der Waals surface area contributed by atoms with E-state index >= 15 is 0 Å². The fourth-order valence-electron chi connectivity index (χ4n) is 2.24. The number of hydrogen-bond acceptors (Lipinski definition) is 6. The molecular formula is C17H16N2O3S. The van der Waals surface area contributed by atoms with E-state index in [1.54, 1.807) is 24.4 Å². The molecule has 0 bridgehead atoms. The normalized spacial score (nSPS) is 11.7. The Bertz CT molecular complexity index is 789. The van der Waals surface area contributed by atoms with Gasteiger partial charge in [0.05, 0.1) is 12.7 Å². The number of rotatable bonds is 6. The number of hydrogen-bond donors (Lipinski definition) is 0. The Hall–Kier alpha value is -2.36. The van der Waals surface area contributed by atoms with Gasteiger partial charge >= 0.3 is 0 Å².